The van der Waals surface area contributed by atoms with Crippen LogP contribution in [0.3, 0.4) is 0 Å². The van der Waals surface area contributed by atoms with Gasteiger partial charge in [-0.3, -0.25) is 0 Å². The fraction of sp³-hybridized carbons (Fsp3) is 0.625. The predicted octanol–water partition coefficient (Wildman–Crippen LogP) is 4.06. The summed E-state index contributed by atoms with van der Waals surface area (Å²) >= 11 is 5.81. The summed E-state index contributed by atoms with van der Waals surface area (Å²) in [7, 11) is 0. The van der Waals surface area contributed by atoms with E-state index in [2.05, 4.69) is 6.92 Å². The quantitative estimate of drug-likeness (QED) is 0.881. The molecule has 1 unspecified atom stereocenters. The SMILES string of the molecule is CCC1CCC(CN)(C(O)c2ccc(F)c(Cl)c2)CC1. The standard InChI is InChI=1S/C16H23ClFNO/c1-2-11-5-7-16(10-19,8-6-11)15(20)12-3-4-14(18)13(17)9-12/h3-4,9,11,15,20H,2,5-8,10,19H2,1H3. The van der Waals surface area contributed by atoms with Gasteiger partial charge in [0.1, 0.15) is 5.82 Å². The molecule has 1 aliphatic carbocycles. The number of benzene rings is 1. The van der Waals surface area contributed by atoms with Crippen molar-refractivity contribution in [3.63, 3.8) is 0 Å². The largest absolute Gasteiger partial charge is 0.388 e. The van der Waals surface area contributed by atoms with E-state index < -0.39 is 11.9 Å². The second-order valence-corrected chi connectivity index (χ2v) is 6.40. The number of hydrogen-bond acceptors (Lipinski definition) is 2. The van der Waals surface area contributed by atoms with Gasteiger partial charge in [-0.2, -0.15) is 0 Å². The molecule has 0 amide bonds. The van der Waals surface area contributed by atoms with E-state index >= 15 is 0 Å². The Labute approximate surface area is 125 Å². The maximum absolute atomic E-state index is 13.2. The van der Waals surface area contributed by atoms with Crippen LogP contribution in [-0.4, -0.2) is 11.7 Å². The Morgan fingerprint density at radius 3 is 2.60 bits per heavy atom. The minimum atomic E-state index is -0.677. The van der Waals surface area contributed by atoms with E-state index in [-0.39, 0.29) is 10.4 Å². The van der Waals surface area contributed by atoms with Crippen LogP contribution in [0.1, 0.15) is 50.7 Å². The van der Waals surface area contributed by atoms with Crippen LogP contribution in [0.5, 0.6) is 0 Å². The van der Waals surface area contributed by atoms with Gasteiger partial charge in [0.15, 0.2) is 0 Å². The summed E-state index contributed by atoms with van der Waals surface area (Å²) in [6.45, 7) is 2.65. The summed E-state index contributed by atoms with van der Waals surface area (Å²) in [5.74, 6) is 0.276. The van der Waals surface area contributed by atoms with Gasteiger partial charge < -0.3 is 10.8 Å². The van der Waals surface area contributed by atoms with E-state index in [0.29, 0.717) is 12.1 Å². The summed E-state index contributed by atoms with van der Waals surface area (Å²) < 4.78 is 13.2. The van der Waals surface area contributed by atoms with Gasteiger partial charge in [0.05, 0.1) is 11.1 Å². The van der Waals surface area contributed by atoms with E-state index in [1.807, 2.05) is 0 Å². The van der Waals surface area contributed by atoms with Gasteiger partial charge in [-0.05, 0) is 49.3 Å². The lowest BCUT2D eigenvalue weighted by molar-refractivity contribution is -0.0103. The fourth-order valence-electron chi connectivity index (χ4n) is 3.29. The second-order valence-electron chi connectivity index (χ2n) is 5.99. The molecule has 3 N–H and O–H groups in total. The van der Waals surface area contributed by atoms with Crippen molar-refractivity contribution in [2.75, 3.05) is 6.54 Å². The van der Waals surface area contributed by atoms with Crippen molar-refractivity contribution in [2.24, 2.45) is 17.1 Å². The molecule has 1 aliphatic rings. The lowest BCUT2D eigenvalue weighted by atomic mass is 9.65. The molecule has 0 bridgehead atoms. The third-order valence-corrected chi connectivity index (χ3v) is 5.21. The molecule has 1 saturated carbocycles. The van der Waals surface area contributed by atoms with Crippen LogP contribution in [0.15, 0.2) is 18.2 Å². The molecule has 0 radical (unpaired) electrons. The van der Waals surface area contributed by atoms with Crippen molar-refractivity contribution in [2.45, 2.75) is 45.1 Å². The minimum Gasteiger partial charge on any atom is -0.388 e. The van der Waals surface area contributed by atoms with E-state index in [4.69, 9.17) is 17.3 Å². The normalized spacial score (nSPS) is 28.4. The Bertz CT molecular complexity index is 458. The van der Waals surface area contributed by atoms with Crippen LogP contribution in [-0.2, 0) is 0 Å². The van der Waals surface area contributed by atoms with Gasteiger partial charge in [-0.15, -0.1) is 0 Å². The zero-order valence-electron chi connectivity index (χ0n) is 11.9. The first-order valence-corrected chi connectivity index (χ1v) is 7.73. The van der Waals surface area contributed by atoms with E-state index in [1.54, 1.807) is 6.07 Å². The molecule has 0 saturated heterocycles. The molecule has 0 spiro atoms. The fourth-order valence-corrected chi connectivity index (χ4v) is 3.47. The minimum absolute atomic E-state index is 0.0518. The second kappa shape index (κ2) is 6.42. The Balaban J connectivity index is 2.20. The lowest BCUT2D eigenvalue weighted by Gasteiger charge is -2.43. The lowest BCUT2D eigenvalue weighted by Crippen LogP contribution is -2.40. The van der Waals surface area contributed by atoms with E-state index in [0.717, 1.165) is 31.6 Å². The molecule has 1 fully saturated rings. The van der Waals surface area contributed by atoms with Crippen molar-refractivity contribution in [3.8, 4) is 0 Å². The number of nitrogens with two attached hydrogens (primary N) is 1. The highest BCUT2D eigenvalue weighted by atomic mass is 35.5. The highest BCUT2D eigenvalue weighted by molar-refractivity contribution is 6.30. The Morgan fingerprint density at radius 1 is 1.45 bits per heavy atom. The van der Waals surface area contributed by atoms with E-state index in [9.17, 15) is 9.50 Å². The van der Waals surface area contributed by atoms with Crippen molar-refractivity contribution >= 4 is 11.6 Å². The van der Waals surface area contributed by atoms with Crippen molar-refractivity contribution in [3.05, 3.63) is 34.6 Å². The first-order valence-electron chi connectivity index (χ1n) is 7.35. The molecule has 112 valence electrons. The van der Waals surface area contributed by atoms with Gasteiger partial charge in [-0.1, -0.05) is 31.0 Å². The summed E-state index contributed by atoms with van der Waals surface area (Å²) in [6.07, 6.45) is 4.53. The van der Waals surface area contributed by atoms with Crippen molar-refractivity contribution in [1.82, 2.24) is 0 Å². The highest BCUT2D eigenvalue weighted by Gasteiger charge is 2.40. The molecule has 1 aromatic rings. The topological polar surface area (TPSA) is 46.2 Å². The smallest absolute Gasteiger partial charge is 0.141 e. The Hall–Kier alpha value is -0.640. The van der Waals surface area contributed by atoms with Gasteiger partial charge in [0.25, 0.3) is 0 Å². The van der Waals surface area contributed by atoms with Gasteiger partial charge >= 0.3 is 0 Å². The molecule has 1 aromatic carbocycles. The van der Waals surface area contributed by atoms with Gasteiger partial charge in [0.2, 0.25) is 0 Å². The highest BCUT2D eigenvalue weighted by Crippen LogP contribution is 2.47. The molecule has 2 rings (SSSR count). The molecule has 0 aromatic heterocycles. The van der Waals surface area contributed by atoms with Crippen LogP contribution in [0.2, 0.25) is 5.02 Å². The number of aliphatic hydroxyl groups excluding tert-OH is 1. The molecule has 0 aliphatic heterocycles. The molecule has 2 nitrogen and oxygen atoms in total. The average Bonchev–Trinajstić information content (AvgIpc) is 2.49. The maximum Gasteiger partial charge on any atom is 0.141 e. The third-order valence-electron chi connectivity index (χ3n) is 4.92. The molecule has 0 heterocycles. The van der Waals surface area contributed by atoms with Crippen molar-refractivity contribution < 1.29 is 9.50 Å². The summed E-state index contributed by atoms with van der Waals surface area (Å²) in [4.78, 5) is 0. The van der Waals surface area contributed by atoms with Crippen LogP contribution in [0.25, 0.3) is 0 Å². The summed E-state index contributed by atoms with van der Waals surface area (Å²) in [6, 6.07) is 4.43. The maximum atomic E-state index is 13.2. The van der Waals surface area contributed by atoms with E-state index in [1.165, 1.54) is 18.6 Å². The van der Waals surface area contributed by atoms with Gasteiger partial charge in [0, 0.05) is 12.0 Å². The predicted molar refractivity (Wildman–Crippen MR) is 80.1 cm³/mol. The first-order chi connectivity index (χ1) is 9.52. The van der Waals surface area contributed by atoms with Gasteiger partial charge in [-0.25, -0.2) is 4.39 Å². The molecule has 4 heteroatoms. The van der Waals surface area contributed by atoms with Crippen molar-refractivity contribution in [1.29, 1.82) is 0 Å². The molecular weight excluding hydrogens is 277 g/mol. The Morgan fingerprint density at radius 2 is 2.10 bits per heavy atom. The first kappa shape index (κ1) is 15.7. The molecule has 1 atom stereocenters. The number of rotatable bonds is 4. The Kier molecular flexibility index (Phi) is 5.05. The summed E-state index contributed by atoms with van der Waals surface area (Å²) in [5.41, 5.74) is 6.33. The monoisotopic (exact) mass is 299 g/mol. The van der Waals surface area contributed by atoms with Crippen LogP contribution < -0.4 is 5.73 Å². The zero-order chi connectivity index (χ0) is 14.8. The average molecular weight is 300 g/mol. The third kappa shape index (κ3) is 3.00. The number of aliphatic hydroxyl groups is 1. The zero-order valence-corrected chi connectivity index (χ0v) is 12.7. The molecular formula is C16H23ClFNO. The summed E-state index contributed by atoms with van der Waals surface area (Å²) in [5, 5.41) is 10.8. The number of hydrogen-bond donors (Lipinski definition) is 2. The van der Waals surface area contributed by atoms with Crippen LogP contribution >= 0.6 is 11.6 Å². The van der Waals surface area contributed by atoms with Crippen LogP contribution in [0, 0.1) is 17.2 Å². The molecule has 20 heavy (non-hydrogen) atoms. The van der Waals surface area contributed by atoms with Crippen LogP contribution in [0.4, 0.5) is 4.39 Å². The number of halogens is 2.